The van der Waals surface area contributed by atoms with Crippen LogP contribution in [0.1, 0.15) is 77.0 Å². The van der Waals surface area contributed by atoms with Gasteiger partial charge in [0.2, 0.25) is 0 Å². The Morgan fingerprint density at radius 1 is 0.810 bits per heavy atom. The molecule has 21 heavy (non-hydrogen) atoms. The standard InChI is InChI=1S/C17H30O4/c1-21-17(20)15-13-11-9-7-5-3-2-4-6-8-10-12-14-16(18)19/h2,4H,3,5-15H2,1H3,(H,18,19)/b4-2-. The van der Waals surface area contributed by atoms with E-state index in [9.17, 15) is 9.59 Å². The predicted octanol–water partition coefficient (Wildman–Crippen LogP) is 4.48. The second-order valence-electron chi connectivity index (χ2n) is 5.35. The summed E-state index contributed by atoms with van der Waals surface area (Å²) < 4.78 is 4.59. The van der Waals surface area contributed by atoms with E-state index in [1.807, 2.05) is 0 Å². The third-order valence-electron chi connectivity index (χ3n) is 3.41. The highest BCUT2D eigenvalue weighted by molar-refractivity contribution is 5.68. The summed E-state index contributed by atoms with van der Waals surface area (Å²) in [4.78, 5) is 21.2. The van der Waals surface area contributed by atoms with Gasteiger partial charge in [-0.1, -0.05) is 37.8 Å². The van der Waals surface area contributed by atoms with E-state index in [2.05, 4.69) is 16.9 Å². The molecule has 0 aromatic carbocycles. The van der Waals surface area contributed by atoms with E-state index in [0.29, 0.717) is 12.8 Å². The van der Waals surface area contributed by atoms with Crippen LogP contribution in [0.5, 0.6) is 0 Å². The Morgan fingerprint density at radius 2 is 1.29 bits per heavy atom. The molecule has 122 valence electrons. The molecule has 4 nitrogen and oxygen atoms in total. The zero-order chi connectivity index (χ0) is 15.8. The molecule has 0 rings (SSSR count). The van der Waals surface area contributed by atoms with Crippen molar-refractivity contribution in [1.82, 2.24) is 0 Å². The Morgan fingerprint density at radius 3 is 1.86 bits per heavy atom. The summed E-state index contributed by atoms with van der Waals surface area (Å²) in [7, 11) is 1.43. The molecule has 0 saturated carbocycles. The minimum atomic E-state index is -0.697. The zero-order valence-electron chi connectivity index (χ0n) is 13.3. The van der Waals surface area contributed by atoms with Gasteiger partial charge in [-0.15, -0.1) is 0 Å². The van der Waals surface area contributed by atoms with E-state index >= 15 is 0 Å². The van der Waals surface area contributed by atoms with Crippen molar-refractivity contribution in [2.45, 2.75) is 77.0 Å². The highest BCUT2D eigenvalue weighted by Gasteiger charge is 1.98. The van der Waals surface area contributed by atoms with E-state index in [1.165, 1.54) is 26.4 Å². The van der Waals surface area contributed by atoms with E-state index in [1.54, 1.807) is 0 Å². The molecule has 0 atom stereocenters. The maximum atomic E-state index is 10.9. The van der Waals surface area contributed by atoms with Crippen molar-refractivity contribution in [2.75, 3.05) is 7.11 Å². The Bertz CT molecular complexity index is 297. The lowest BCUT2D eigenvalue weighted by molar-refractivity contribution is -0.141. The lowest BCUT2D eigenvalue weighted by Crippen LogP contribution is -1.98. The third kappa shape index (κ3) is 16.6. The lowest BCUT2D eigenvalue weighted by atomic mass is 10.1. The number of esters is 1. The van der Waals surface area contributed by atoms with E-state index in [4.69, 9.17) is 5.11 Å². The number of hydrogen-bond donors (Lipinski definition) is 1. The summed E-state index contributed by atoms with van der Waals surface area (Å²) in [6, 6.07) is 0. The fourth-order valence-electron chi connectivity index (χ4n) is 2.11. The van der Waals surface area contributed by atoms with Crippen LogP contribution in [0.25, 0.3) is 0 Å². The molecule has 0 aliphatic carbocycles. The van der Waals surface area contributed by atoms with Crippen LogP contribution in [-0.2, 0) is 14.3 Å². The number of carbonyl (C=O) groups is 2. The first kappa shape index (κ1) is 19.7. The fourth-order valence-corrected chi connectivity index (χ4v) is 2.11. The van der Waals surface area contributed by atoms with Gasteiger partial charge in [-0.25, -0.2) is 0 Å². The van der Waals surface area contributed by atoms with E-state index in [0.717, 1.165) is 44.9 Å². The molecule has 0 saturated heterocycles. The van der Waals surface area contributed by atoms with Gasteiger partial charge < -0.3 is 9.84 Å². The SMILES string of the molecule is COC(=O)CCCCCCC/C=C\CCCCCC(=O)O. The Balaban J connectivity index is 3.15. The fraction of sp³-hybridized carbons (Fsp3) is 0.765. The van der Waals surface area contributed by atoms with Gasteiger partial charge in [-0.05, 0) is 38.5 Å². The second-order valence-corrected chi connectivity index (χ2v) is 5.35. The number of ether oxygens (including phenoxy) is 1. The molecule has 0 fully saturated rings. The van der Waals surface area contributed by atoms with Crippen LogP contribution in [0.4, 0.5) is 0 Å². The number of hydrogen-bond acceptors (Lipinski definition) is 3. The summed E-state index contributed by atoms with van der Waals surface area (Å²) in [5.74, 6) is -0.807. The first-order valence-electron chi connectivity index (χ1n) is 8.10. The van der Waals surface area contributed by atoms with Crippen molar-refractivity contribution < 1.29 is 19.4 Å². The summed E-state index contributed by atoms with van der Waals surface area (Å²) in [5, 5.41) is 8.49. The first-order chi connectivity index (χ1) is 10.2. The van der Waals surface area contributed by atoms with Gasteiger partial charge >= 0.3 is 11.9 Å². The molecule has 0 aliphatic rings. The van der Waals surface area contributed by atoms with Crippen LogP contribution >= 0.6 is 0 Å². The van der Waals surface area contributed by atoms with Gasteiger partial charge in [0, 0.05) is 12.8 Å². The summed E-state index contributed by atoms with van der Waals surface area (Å²) >= 11 is 0. The number of methoxy groups -OCH3 is 1. The summed E-state index contributed by atoms with van der Waals surface area (Å²) in [6.45, 7) is 0. The molecule has 0 bridgehead atoms. The Kier molecular flexibility index (Phi) is 14.1. The van der Waals surface area contributed by atoms with Gasteiger partial charge in [-0.2, -0.15) is 0 Å². The number of carboxylic acid groups (broad SMARTS) is 1. The number of allylic oxidation sites excluding steroid dienone is 2. The first-order valence-corrected chi connectivity index (χ1v) is 8.10. The van der Waals surface area contributed by atoms with Gasteiger partial charge in [0.15, 0.2) is 0 Å². The molecule has 0 unspecified atom stereocenters. The van der Waals surface area contributed by atoms with Crippen LogP contribution in [-0.4, -0.2) is 24.2 Å². The Hall–Kier alpha value is -1.32. The highest BCUT2D eigenvalue weighted by Crippen LogP contribution is 2.09. The average molecular weight is 298 g/mol. The topological polar surface area (TPSA) is 63.6 Å². The smallest absolute Gasteiger partial charge is 0.305 e. The summed E-state index contributed by atoms with van der Waals surface area (Å²) in [6.07, 6.45) is 15.9. The highest BCUT2D eigenvalue weighted by atomic mass is 16.5. The second kappa shape index (κ2) is 15.1. The minimum absolute atomic E-state index is 0.110. The van der Waals surface area contributed by atoms with Gasteiger partial charge in [0.25, 0.3) is 0 Å². The predicted molar refractivity (Wildman–Crippen MR) is 84.2 cm³/mol. The molecule has 0 radical (unpaired) electrons. The van der Waals surface area contributed by atoms with Crippen LogP contribution < -0.4 is 0 Å². The Labute approximate surface area is 128 Å². The summed E-state index contributed by atoms with van der Waals surface area (Å²) in [5.41, 5.74) is 0. The number of carbonyl (C=O) groups excluding carboxylic acids is 1. The van der Waals surface area contributed by atoms with Crippen molar-refractivity contribution in [2.24, 2.45) is 0 Å². The van der Waals surface area contributed by atoms with Crippen LogP contribution in [0.2, 0.25) is 0 Å². The third-order valence-corrected chi connectivity index (χ3v) is 3.41. The average Bonchev–Trinajstić information content (AvgIpc) is 2.46. The van der Waals surface area contributed by atoms with E-state index < -0.39 is 5.97 Å². The molecule has 0 heterocycles. The monoisotopic (exact) mass is 298 g/mol. The van der Waals surface area contributed by atoms with Gasteiger partial charge in [0.05, 0.1) is 7.11 Å². The zero-order valence-corrected chi connectivity index (χ0v) is 13.3. The molecular formula is C17H30O4. The maximum absolute atomic E-state index is 10.9. The van der Waals surface area contributed by atoms with Gasteiger partial charge in [-0.3, -0.25) is 9.59 Å². The normalized spacial score (nSPS) is 10.9. The van der Waals surface area contributed by atoms with Crippen LogP contribution in [0.15, 0.2) is 12.2 Å². The number of carboxylic acids is 1. The van der Waals surface area contributed by atoms with Crippen molar-refractivity contribution >= 4 is 11.9 Å². The molecule has 1 N–H and O–H groups in total. The van der Waals surface area contributed by atoms with Crippen molar-refractivity contribution in [1.29, 1.82) is 0 Å². The minimum Gasteiger partial charge on any atom is -0.481 e. The van der Waals surface area contributed by atoms with E-state index in [-0.39, 0.29) is 5.97 Å². The molecule has 0 aliphatic heterocycles. The molecule has 0 spiro atoms. The lowest BCUT2D eigenvalue weighted by Gasteiger charge is -2.00. The number of rotatable bonds is 14. The largest absolute Gasteiger partial charge is 0.481 e. The molecule has 0 aromatic rings. The molecule has 0 amide bonds. The number of unbranched alkanes of at least 4 members (excludes halogenated alkanes) is 8. The van der Waals surface area contributed by atoms with Gasteiger partial charge in [0.1, 0.15) is 0 Å². The molecule has 0 aromatic heterocycles. The number of aliphatic carboxylic acids is 1. The molecular weight excluding hydrogens is 268 g/mol. The van der Waals surface area contributed by atoms with Crippen molar-refractivity contribution in [3.63, 3.8) is 0 Å². The van der Waals surface area contributed by atoms with Crippen LogP contribution in [0.3, 0.4) is 0 Å². The molecule has 4 heteroatoms. The van der Waals surface area contributed by atoms with Crippen molar-refractivity contribution in [3.05, 3.63) is 12.2 Å². The quantitative estimate of drug-likeness (QED) is 0.292. The van der Waals surface area contributed by atoms with Crippen molar-refractivity contribution in [3.8, 4) is 0 Å². The maximum Gasteiger partial charge on any atom is 0.305 e. The van der Waals surface area contributed by atoms with Crippen LogP contribution in [0, 0.1) is 0 Å².